The van der Waals surface area contributed by atoms with Gasteiger partial charge in [-0.05, 0) is 79.3 Å². The van der Waals surface area contributed by atoms with Crippen molar-refractivity contribution < 1.29 is 9.53 Å². The first-order valence-corrected chi connectivity index (χ1v) is 10.8. The Bertz CT molecular complexity index is 669. The molecule has 0 radical (unpaired) electrons. The summed E-state index contributed by atoms with van der Waals surface area (Å²) in [6.45, 7) is 0.976. The molecule has 0 bridgehead atoms. The molecule has 1 heterocycles. The van der Waals surface area contributed by atoms with E-state index in [-0.39, 0.29) is 5.41 Å². The highest BCUT2D eigenvalue weighted by Crippen LogP contribution is 2.68. The largest absolute Gasteiger partial charge is 0.381 e. The molecule has 1 aliphatic heterocycles. The van der Waals surface area contributed by atoms with E-state index in [9.17, 15) is 4.79 Å². The van der Waals surface area contributed by atoms with Crippen LogP contribution < -0.4 is 0 Å². The molecule has 25 heavy (non-hydrogen) atoms. The van der Waals surface area contributed by atoms with Crippen molar-refractivity contribution in [3.05, 3.63) is 21.7 Å². The molecule has 1 unspecified atom stereocenters. The molecule has 3 fully saturated rings. The summed E-state index contributed by atoms with van der Waals surface area (Å²) in [7, 11) is 1.85. The molecule has 4 heteroatoms. The SMILES string of the molecule is COC1CCC2(CC1)CC1=C(C=C(Br)CC1)C21CC(=O)N(C2CC2)C1. The van der Waals surface area contributed by atoms with Gasteiger partial charge in [-0.3, -0.25) is 4.79 Å². The predicted molar refractivity (Wildman–Crippen MR) is 101 cm³/mol. The van der Waals surface area contributed by atoms with Gasteiger partial charge in [-0.15, -0.1) is 0 Å². The lowest BCUT2D eigenvalue weighted by Crippen LogP contribution is -2.45. The number of fused-ring (bicyclic) bond motifs is 2. The molecule has 0 aromatic rings. The summed E-state index contributed by atoms with van der Waals surface area (Å²) in [6.07, 6.45) is 14.3. The lowest BCUT2D eigenvalue weighted by molar-refractivity contribution is -0.128. The standard InChI is InChI=1S/C21H28BrNO2/c1-25-17-6-8-20(9-7-17)11-14-2-3-15(22)10-18(14)21(20)12-19(24)23(13-21)16-4-5-16/h10,16-17H,2-9,11-13H2,1H3. The maximum absolute atomic E-state index is 13.0. The normalized spacial score (nSPS) is 41.0. The first-order chi connectivity index (χ1) is 12.1. The predicted octanol–water partition coefficient (Wildman–Crippen LogP) is 4.72. The molecule has 0 aromatic carbocycles. The van der Waals surface area contributed by atoms with Crippen LogP contribution in [0.5, 0.6) is 0 Å². The fourth-order valence-corrected chi connectivity index (χ4v) is 6.77. The summed E-state index contributed by atoms with van der Waals surface area (Å²) in [5.41, 5.74) is 3.56. The molecule has 136 valence electrons. The number of nitrogens with zero attached hydrogens (tertiary/aromatic N) is 1. The van der Waals surface area contributed by atoms with E-state index in [1.807, 2.05) is 7.11 Å². The van der Waals surface area contributed by atoms with Crippen LogP contribution >= 0.6 is 15.9 Å². The Hall–Kier alpha value is -0.610. The number of hydrogen-bond acceptors (Lipinski definition) is 2. The molecular formula is C21H28BrNO2. The Balaban J connectivity index is 1.55. The molecule has 2 spiro atoms. The van der Waals surface area contributed by atoms with Crippen molar-refractivity contribution in [2.24, 2.45) is 10.8 Å². The number of carbonyl (C=O) groups excluding carboxylic acids is 1. The molecule has 5 rings (SSSR count). The Morgan fingerprint density at radius 3 is 2.60 bits per heavy atom. The minimum Gasteiger partial charge on any atom is -0.381 e. The summed E-state index contributed by atoms with van der Waals surface area (Å²) in [4.78, 5) is 15.2. The lowest BCUT2D eigenvalue weighted by Gasteiger charge is -2.49. The van der Waals surface area contributed by atoms with E-state index in [1.165, 1.54) is 48.6 Å². The number of amides is 1. The third kappa shape index (κ3) is 2.36. The smallest absolute Gasteiger partial charge is 0.223 e. The summed E-state index contributed by atoms with van der Waals surface area (Å²) in [5.74, 6) is 0.416. The zero-order valence-corrected chi connectivity index (χ0v) is 16.7. The van der Waals surface area contributed by atoms with Crippen LogP contribution in [0, 0.1) is 10.8 Å². The van der Waals surface area contributed by atoms with Crippen molar-refractivity contribution in [3.63, 3.8) is 0 Å². The lowest BCUT2D eigenvalue weighted by atomic mass is 9.55. The van der Waals surface area contributed by atoms with Gasteiger partial charge in [0.1, 0.15) is 0 Å². The van der Waals surface area contributed by atoms with Gasteiger partial charge in [-0.2, -0.15) is 0 Å². The van der Waals surface area contributed by atoms with Crippen molar-refractivity contribution >= 4 is 21.8 Å². The molecule has 0 N–H and O–H groups in total. The first kappa shape index (κ1) is 16.6. The fraction of sp³-hybridized carbons (Fsp3) is 0.762. The fourth-order valence-electron chi connectivity index (χ4n) is 6.34. The van der Waals surface area contributed by atoms with Crippen LogP contribution in [-0.4, -0.2) is 36.6 Å². The van der Waals surface area contributed by atoms with Crippen LogP contribution in [0.3, 0.4) is 0 Å². The van der Waals surface area contributed by atoms with E-state index in [0.29, 0.717) is 23.5 Å². The van der Waals surface area contributed by atoms with Gasteiger partial charge in [0.15, 0.2) is 0 Å². The number of ether oxygens (including phenoxy) is 1. The maximum atomic E-state index is 13.0. The Morgan fingerprint density at radius 2 is 1.92 bits per heavy atom. The van der Waals surface area contributed by atoms with Gasteiger partial charge in [-0.1, -0.05) is 21.5 Å². The quantitative estimate of drug-likeness (QED) is 0.665. The van der Waals surface area contributed by atoms with Gasteiger partial charge in [0.05, 0.1) is 6.10 Å². The number of allylic oxidation sites excluding steroid dienone is 3. The zero-order valence-electron chi connectivity index (χ0n) is 15.2. The number of methoxy groups -OCH3 is 1. The first-order valence-electron chi connectivity index (χ1n) is 9.98. The van der Waals surface area contributed by atoms with E-state index in [0.717, 1.165) is 32.2 Å². The second-order valence-electron chi connectivity index (χ2n) is 9.01. The van der Waals surface area contributed by atoms with Crippen LogP contribution in [0.2, 0.25) is 0 Å². The highest BCUT2D eigenvalue weighted by atomic mass is 79.9. The van der Waals surface area contributed by atoms with Gasteiger partial charge < -0.3 is 9.64 Å². The molecule has 1 atom stereocenters. The Morgan fingerprint density at radius 1 is 1.16 bits per heavy atom. The minimum atomic E-state index is 0.0696. The molecule has 1 amide bonds. The molecule has 2 saturated carbocycles. The second kappa shape index (κ2) is 5.69. The highest BCUT2D eigenvalue weighted by molar-refractivity contribution is 9.11. The van der Waals surface area contributed by atoms with Crippen molar-refractivity contribution in [2.75, 3.05) is 13.7 Å². The van der Waals surface area contributed by atoms with Crippen molar-refractivity contribution in [1.29, 1.82) is 0 Å². The van der Waals surface area contributed by atoms with Crippen LogP contribution in [0.25, 0.3) is 0 Å². The molecule has 5 aliphatic rings. The van der Waals surface area contributed by atoms with Crippen LogP contribution in [-0.2, 0) is 9.53 Å². The van der Waals surface area contributed by atoms with E-state index in [4.69, 9.17) is 4.74 Å². The number of hydrogen-bond donors (Lipinski definition) is 0. The third-order valence-electron chi connectivity index (χ3n) is 7.85. The van der Waals surface area contributed by atoms with E-state index in [2.05, 4.69) is 26.9 Å². The molecule has 0 aromatic heterocycles. The highest BCUT2D eigenvalue weighted by Gasteiger charge is 2.64. The average molecular weight is 406 g/mol. The van der Waals surface area contributed by atoms with Crippen molar-refractivity contribution in [1.82, 2.24) is 4.90 Å². The monoisotopic (exact) mass is 405 g/mol. The number of likely N-dealkylation sites (tertiary alicyclic amines) is 1. The van der Waals surface area contributed by atoms with Crippen LogP contribution in [0.1, 0.15) is 64.2 Å². The number of rotatable bonds is 2. The number of carbonyl (C=O) groups is 1. The van der Waals surface area contributed by atoms with E-state index < -0.39 is 0 Å². The van der Waals surface area contributed by atoms with Crippen LogP contribution in [0.15, 0.2) is 21.7 Å². The Kier molecular flexibility index (Phi) is 3.77. The van der Waals surface area contributed by atoms with E-state index in [1.54, 1.807) is 5.57 Å². The van der Waals surface area contributed by atoms with Gasteiger partial charge in [0.2, 0.25) is 5.91 Å². The van der Waals surface area contributed by atoms with Gasteiger partial charge >= 0.3 is 0 Å². The van der Waals surface area contributed by atoms with Gasteiger partial charge in [0, 0.05) is 31.5 Å². The summed E-state index contributed by atoms with van der Waals surface area (Å²) in [5, 5.41) is 0. The maximum Gasteiger partial charge on any atom is 0.223 e. The molecule has 1 saturated heterocycles. The topological polar surface area (TPSA) is 29.5 Å². The second-order valence-corrected chi connectivity index (χ2v) is 10.0. The van der Waals surface area contributed by atoms with E-state index >= 15 is 0 Å². The number of halogens is 1. The molecular weight excluding hydrogens is 378 g/mol. The Labute approximate surface area is 159 Å². The minimum absolute atomic E-state index is 0.0696. The van der Waals surface area contributed by atoms with Gasteiger partial charge in [0.25, 0.3) is 0 Å². The summed E-state index contributed by atoms with van der Waals surface area (Å²) >= 11 is 3.77. The van der Waals surface area contributed by atoms with Crippen molar-refractivity contribution in [3.8, 4) is 0 Å². The van der Waals surface area contributed by atoms with Gasteiger partial charge in [-0.25, -0.2) is 0 Å². The molecule has 4 aliphatic carbocycles. The van der Waals surface area contributed by atoms with Crippen LogP contribution in [0.4, 0.5) is 0 Å². The summed E-state index contributed by atoms with van der Waals surface area (Å²) in [6, 6.07) is 0.542. The third-order valence-corrected chi connectivity index (χ3v) is 8.48. The van der Waals surface area contributed by atoms with Crippen molar-refractivity contribution in [2.45, 2.75) is 76.4 Å². The molecule has 3 nitrogen and oxygen atoms in total. The average Bonchev–Trinajstić information content (AvgIpc) is 3.35. The zero-order chi connectivity index (χ0) is 17.2. The summed E-state index contributed by atoms with van der Waals surface area (Å²) < 4.78 is 6.99.